The van der Waals surface area contributed by atoms with E-state index in [0.29, 0.717) is 28.6 Å². The van der Waals surface area contributed by atoms with Gasteiger partial charge in [-0.25, -0.2) is 14.6 Å². The van der Waals surface area contributed by atoms with E-state index in [2.05, 4.69) is 39.4 Å². The number of nitrogens with one attached hydrogen (secondary N) is 1. The molecule has 3 unspecified atom stereocenters. The van der Waals surface area contributed by atoms with Crippen molar-refractivity contribution in [3.05, 3.63) is 0 Å². The first-order valence-corrected chi connectivity index (χ1v) is 10.4. The Kier molecular flexibility index (Phi) is 6.48. The van der Waals surface area contributed by atoms with E-state index in [1.165, 1.54) is 0 Å². The van der Waals surface area contributed by atoms with Gasteiger partial charge in [-0.3, -0.25) is 4.79 Å². The van der Waals surface area contributed by atoms with Crippen molar-refractivity contribution in [3.63, 3.8) is 0 Å². The summed E-state index contributed by atoms with van der Waals surface area (Å²) in [5, 5.41) is 32.0. The second-order valence-corrected chi connectivity index (χ2v) is 7.89. The lowest BCUT2D eigenvalue weighted by molar-refractivity contribution is -0.141. The fourth-order valence-electron chi connectivity index (χ4n) is 3.26. The third kappa shape index (κ3) is 4.32. The van der Waals surface area contributed by atoms with E-state index in [4.69, 9.17) is 0 Å². The Bertz CT molecular complexity index is 798. The van der Waals surface area contributed by atoms with Crippen LogP contribution in [0.2, 0.25) is 0 Å². The molecule has 0 aromatic carbocycles. The maximum absolute atomic E-state index is 11.3. The number of thioether (sulfide) groups is 1. The highest BCUT2D eigenvalue weighted by Gasteiger charge is 2.39. The summed E-state index contributed by atoms with van der Waals surface area (Å²) in [6, 6.07) is -0.446. The highest BCUT2D eigenvalue weighted by Crippen LogP contribution is 2.36. The van der Waals surface area contributed by atoms with E-state index < -0.39 is 24.0 Å². The van der Waals surface area contributed by atoms with Gasteiger partial charge in [-0.05, 0) is 25.7 Å². The maximum Gasteiger partial charge on any atom is 0.306 e. The van der Waals surface area contributed by atoms with Crippen molar-refractivity contribution in [3.8, 4) is 0 Å². The van der Waals surface area contributed by atoms with Gasteiger partial charge in [0, 0.05) is 12.3 Å². The molecule has 1 aliphatic rings. The highest BCUT2D eigenvalue weighted by molar-refractivity contribution is 7.99. The molecule has 0 radical (unpaired) electrons. The summed E-state index contributed by atoms with van der Waals surface area (Å²) in [6.07, 6.45) is 2.83. The number of rotatable bonds is 9. The molecule has 3 atom stereocenters. The molecule has 0 aliphatic heterocycles. The molecule has 0 saturated heterocycles. The number of aliphatic hydroxyl groups excluding tert-OH is 1. The van der Waals surface area contributed by atoms with Crippen molar-refractivity contribution in [2.75, 3.05) is 17.6 Å². The van der Waals surface area contributed by atoms with Gasteiger partial charge in [0.2, 0.25) is 0 Å². The van der Waals surface area contributed by atoms with E-state index in [1.807, 2.05) is 0 Å². The number of hydrogen-bond acceptors (Lipinski definition) is 8. The van der Waals surface area contributed by atoms with Crippen molar-refractivity contribution in [2.24, 2.45) is 5.92 Å². The molecule has 2 aromatic heterocycles. The number of carboxylic acid groups (broad SMARTS) is 1. The van der Waals surface area contributed by atoms with Crippen LogP contribution in [-0.4, -0.2) is 59.5 Å². The minimum atomic E-state index is -0.892. The largest absolute Gasteiger partial charge is 0.481 e. The smallest absolute Gasteiger partial charge is 0.306 e. The summed E-state index contributed by atoms with van der Waals surface area (Å²) in [6.45, 7) is 5.00. The van der Waals surface area contributed by atoms with Gasteiger partial charge in [-0.1, -0.05) is 37.2 Å². The number of nitrogens with zero attached hydrogens (tertiary/aromatic N) is 5. The first kappa shape index (κ1) is 19.8. The first-order chi connectivity index (χ1) is 13.0. The van der Waals surface area contributed by atoms with Crippen molar-refractivity contribution >= 4 is 34.7 Å². The van der Waals surface area contributed by atoms with Gasteiger partial charge < -0.3 is 15.5 Å². The third-order valence-electron chi connectivity index (χ3n) is 4.72. The molecule has 0 amide bonds. The van der Waals surface area contributed by atoms with Crippen LogP contribution in [0.4, 0.5) is 5.82 Å². The van der Waals surface area contributed by atoms with E-state index in [-0.39, 0.29) is 6.42 Å². The topological polar surface area (TPSA) is 126 Å². The zero-order chi connectivity index (χ0) is 19.4. The van der Waals surface area contributed by atoms with Gasteiger partial charge in [-0.2, -0.15) is 0 Å². The normalized spacial score (nSPS) is 22.4. The molecule has 0 spiro atoms. The fraction of sp³-hybridized carbons (Fsp3) is 0.706. The molecule has 1 saturated carbocycles. The number of carboxylic acids is 1. The second kappa shape index (κ2) is 8.83. The monoisotopic (exact) mass is 394 g/mol. The molecule has 1 fully saturated rings. The molecule has 148 valence electrons. The van der Waals surface area contributed by atoms with E-state index in [0.717, 1.165) is 31.6 Å². The maximum atomic E-state index is 11.3. The molecule has 3 N–H and O–H groups in total. The molecule has 0 bridgehead atoms. The van der Waals surface area contributed by atoms with Gasteiger partial charge >= 0.3 is 5.97 Å². The number of carbonyl (C=O) groups is 1. The number of hydrogen-bond donors (Lipinski definition) is 3. The predicted octanol–water partition coefficient (Wildman–Crippen LogP) is 2.33. The fourth-order valence-corrected chi connectivity index (χ4v) is 3.95. The number of aliphatic hydroxyl groups is 1. The minimum Gasteiger partial charge on any atom is -0.481 e. The van der Waals surface area contributed by atoms with E-state index in [1.54, 1.807) is 16.4 Å². The van der Waals surface area contributed by atoms with Crippen LogP contribution in [0.3, 0.4) is 0 Å². The second-order valence-electron chi connectivity index (χ2n) is 6.83. The zero-order valence-electron chi connectivity index (χ0n) is 15.6. The molecule has 27 heavy (non-hydrogen) atoms. The lowest BCUT2D eigenvalue weighted by atomic mass is 10.1. The molecule has 2 heterocycles. The Balaban J connectivity index is 1.96. The van der Waals surface area contributed by atoms with Gasteiger partial charge in [-0.15, -0.1) is 5.10 Å². The summed E-state index contributed by atoms with van der Waals surface area (Å²) in [5.74, 6) is 0.0636. The Morgan fingerprint density at radius 2 is 2.11 bits per heavy atom. The molecule has 1 aliphatic carbocycles. The molecule has 9 nitrogen and oxygen atoms in total. The first-order valence-electron chi connectivity index (χ1n) is 9.45. The Hall–Kier alpha value is -1.94. The van der Waals surface area contributed by atoms with Crippen LogP contribution in [0.25, 0.3) is 11.2 Å². The third-order valence-corrected chi connectivity index (χ3v) is 5.77. The molecular weight excluding hydrogens is 368 g/mol. The van der Waals surface area contributed by atoms with Gasteiger partial charge in [0.05, 0.1) is 18.1 Å². The van der Waals surface area contributed by atoms with Crippen molar-refractivity contribution in [1.29, 1.82) is 0 Å². The Morgan fingerprint density at radius 3 is 2.78 bits per heavy atom. The summed E-state index contributed by atoms with van der Waals surface area (Å²) >= 11 is 1.56. The number of unbranched alkanes of at least 4 members (excludes halogenated alkanes) is 1. The van der Waals surface area contributed by atoms with Crippen molar-refractivity contribution in [2.45, 2.75) is 63.3 Å². The lowest BCUT2D eigenvalue weighted by Gasteiger charge is -2.15. The number of aromatic nitrogens is 5. The summed E-state index contributed by atoms with van der Waals surface area (Å²) < 4.78 is 1.58. The predicted molar refractivity (Wildman–Crippen MR) is 103 cm³/mol. The zero-order valence-corrected chi connectivity index (χ0v) is 16.4. The number of anilines is 1. The molecule has 10 heteroatoms. The average Bonchev–Trinajstić information content (AvgIpc) is 3.23. The van der Waals surface area contributed by atoms with Crippen LogP contribution in [0.15, 0.2) is 5.16 Å². The van der Waals surface area contributed by atoms with Crippen LogP contribution in [0.5, 0.6) is 0 Å². The minimum absolute atomic E-state index is 0.214. The highest BCUT2D eigenvalue weighted by atomic mass is 32.2. The van der Waals surface area contributed by atoms with Crippen LogP contribution in [0, 0.1) is 5.92 Å². The summed E-state index contributed by atoms with van der Waals surface area (Å²) in [4.78, 5) is 20.5. The van der Waals surface area contributed by atoms with Gasteiger partial charge in [0.1, 0.15) is 0 Å². The van der Waals surface area contributed by atoms with Crippen molar-refractivity contribution < 1.29 is 15.0 Å². The van der Waals surface area contributed by atoms with Crippen molar-refractivity contribution in [1.82, 2.24) is 25.0 Å². The van der Waals surface area contributed by atoms with Gasteiger partial charge in [0.15, 0.2) is 22.1 Å². The van der Waals surface area contributed by atoms with Crippen LogP contribution < -0.4 is 5.32 Å². The van der Waals surface area contributed by atoms with E-state index >= 15 is 0 Å². The lowest BCUT2D eigenvalue weighted by Crippen LogP contribution is -2.20. The quantitative estimate of drug-likeness (QED) is 0.334. The van der Waals surface area contributed by atoms with Crippen LogP contribution >= 0.6 is 11.8 Å². The number of aliphatic carboxylic acids is 1. The van der Waals surface area contributed by atoms with Gasteiger partial charge in [0.25, 0.3) is 0 Å². The van der Waals surface area contributed by atoms with E-state index in [9.17, 15) is 15.0 Å². The van der Waals surface area contributed by atoms with Crippen LogP contribution in [0.1, 0.15) is 52.0 Å². The molecule has 3 rings (SSSR count). The Morgan fingerprint density at radius 1 is 1.30 bits per heavy atom. The SMILES string of the molecule is CCCCNc1nc(SCCC)nc2c1nnn2C1CC(C(=O)O)CC1O. The Labute approximate surface area is 162 Å². The number of fused-ring (bicyclic) bond motifs is 1. The van der Waals surface area contributed by atoms with Crippen LogP contribution in [-0.2, 0) is 4.79 Å². The average molecular weight is 395 g/mol. The molecular formula is C17H26N6O3S. The standard InChI is InChI=1S/C17H26N6O3S/c1-3-5-6-18-14-13-15(20-17(19-14)27-7-4-2)23(22-21-13)11-8-10(16(25)26)9-12(11)24/h10-12,24H,3-9H2,1-2H3,(H,25,26)(H,18,19,20). The molecule has 2 aromatic rings. The summed E-state index contributed by atoms with van der Waals surface area (Å²) in [5.41, 5.74) is 1.09. The summed E-state index contributed by atoms with van der Waals surface area (Å²) in [7, 11) is 0.